The summed E-state index contributed by atoms with van der Waals surface area (Å²) in [7, 11) is 1.35. The second-order valence-electron chi connectivity index (χ2n) is 4.97. The lowest BCUT2D eigenvalue weighted by atomic mass is 10.0. The van der Waals surface area contributed by atoms with Gasteiger partial charge in [0.2, 0.25) is 0 Å². The molecule has 1 N–H and O–H groups in total. The smallest absolute Gasteiger partial charge is 0.338 e. The molecule has 0 unspecified atom stereocenters. The van der Waals surface area contributed by atoms with Crippen molar-refractivity contribution in [3.63, 3.8) is 0 Å². The van der Waals surface area contributed by atoms with E-state index >= 15 is 0 Å². The number of benzene rings is 2. The third kappa shape index (κ3) is 2.26. The number of carbonyl (C=O) groups is 1. The van der Waals surface area contributed by atoms with E-state index in [0.717, 1.165) is 16.5 Å². The van der Waals surface area contributed by atoms with Crippen molar-refractivity contribution >= 4 is 16.7 Å². The van der Waals surface area contributed by atoms with Crippen LogP contribution >= 0.6 is 0 Å². The second-order valence-corrected chi connectivity index (χ2v) is 4.97. The van der Waals surface area contributed by atoms with Gasteiger partial charge in [0.05, 0.1) is 23.8 Å². The first-order valence-corrected chi connectivity index (χ1v) is 6.78. The predicted octanol–water partition coefficient (Wildman–Crippen LogP) is 2.69. The third-order valence-electron chi connectivity index (χ3n) is 3.60. The van der Waals surface area contributed by atoms with Crippen LogP contribution in [0.5, 0.6) is 0 Å². The topological polar surface area (TPSA) is 72.0 Å². The van der Waals surface area contributed by atoms with Crippen LogP contribution in [0.2, 0.25) is 0 Å². The molecule has 0 radical (unpaired) electrons. The zero-order valence-corrected chi connectivity index (χ0v) is 12.2. The molecule has 0 saturated carbocycles. The van der Waals surface area contributed by atoms with E-state index in [-0.39, 0.29) is 11.5 Å². The van der Waals surface area contributed by atoms with Gasteiger partial charge in [0.15, 0.2) is 0 Å². The van der Waals surface area contributed by atoms with Gasteiger partial charge in [-0.2, -0.15) is 5.10 Å². The normalized spacial score (nSPS) is 10.6. The van der Waals surface area contributed by atoms with E-state index < -0.39 is 0 Å². The van der Waals surface area contributed by atoms with Gasteiger partial charge in [-0.1, -0.05) is 24.3 Å². The lowest BCUT2D eigenvalue weighted by Crippen LogP contribution is -2.09. The molecule has 0 bridgehead atoms. The van der Waals surface area contributed by atoms with Gasteiger partial charge in [-0.25, -0.2) is 9.89 Å². The Balaban J connectivity index is 2.21. The fourth-order valence-corrected chi connectivity index (χ4v) is 2.48. The minimum absolute atomic E-state index is 0.220. The number of rotatable bonds is 2. The Bertz CT molecular complexity index is 929. The van der Waals surface area contributed by atoms with Crippen LogP contribution in [-0.4, -0.2) is 23.3 Å². The number of methoxy groups -OCH3 is 1. The number of carbonyl (C=O) groups excluding carboxylic acids is 1. The van der Waals surface area contributed by atoms with Gasteiger partial charge in [-0.15, -0.1) is 0 Å². The molecule has 0 aliphatic rings. The molecule has 0 aliphatic carbocycles. The maximum atomic E-state index is 11.8. The number of aryl methyl sites for hydroxylation is 1. The molecule has 0 fully saturated rings. The minimum atomic E-state index is -0.372. The van der Waals surface area contributed by atoms with Crippen LogP contribution in [0.3, 0.4) is 0 Å². The Hall–Kier alpha value is -2.95. The number of nitrogens with one attached hydrogen (secondary N) is 1. The highest BCUT2D eigenvalue weighted by Gasteiger charge is 2.13. The largest absolute Gasteiger partial charge is 0.465 e. The molecule has 2 aromatic carbocycles. The first-order valence-electron chi connectivity index (χ1n) is 6.78. The highest BCUT2D eigenvalue weighted by Crippen LogP contribution is 2.26. The van der Waals surface area contributed by atoms with Gasteiger partial charge in [0, 0.05) is 10.9 Å². The van der Waals surface area contributed by atoms with Gasteiger partial charge >= 0.3 is 5.97 Å². The standard InChI is InChI=1S/C17H14N2O3/c1-10-9-11(7-8-12(10)17(21)22-2)15-13-5-3-4-6-14(13)16(20)19-18-15/h3-9H,1-2H3,(H,19,20). The Morgan fingerprint density at radius 1 is 1.14 bits per heavy atom. The molecule has 3 aromatic rings. The summed E-state index contributed by atoms with van der Waals surface area (Å²) in [5, 5.41) is 8.03. The summed E-state index contributed by atoms with van der Waals surface area (Å²) in [5.41, 5.74) is 2.59. The fraction of sp³-hybridized carbons (Fsp3) is 0.118. The Morgan fingerprint density at radius 3 is 2.55 bits per heavy atom. The molecule has 110 valence electrons. The van der Waals surface area contributed by atoms with E-state index in [1.54, 1.807) is 18.2 Å². The van der Waals surface area contributed by atoms with Crippen LogP contribution in [0.1, 0.15) is 15.9 Å². The molecule has 5 nitrogen and oxygen atoms in total. The Morgan fingerprint density at radius 2 is 1.86 bits per heavy atom. The van der Waals surface area contributed by atoms with Gasteiger partial charge < -0.3 is 4.74 Å². The van der Waals surface area contributed by atoms with Gasteiger partial charge in [-0.05, 0) is 30.7 Å². The van der Waals surface area contributed by atoms with Crippen LogP contribution < -0.4 is 5.56 Å². The number of esters is 1. The molecular formula is C17H14N2O3. The number of aromatic amines is 1. The summed E-state index contributed by atoms with van der Waals surface area (Å²) in [4.78, 5) is 23.5. The number of aromatic nitrogens is 2. The predicted molar refractivity (Wildman–Crippen MR) is 83.9 cm³/mol. The average Bonchev–Trinajstić information content (AvgIpc) is 2.55. The van der Waals surface area contributed by atoms with Crippen molar-refractivity contribution in [1.82, 2.24) is 10.2 Å². The fourth-order valence-electron chi connectivity index (χ4n) is 2.48. The van der Waals surface area contributed by atoms with Crippen LogP contribution in [0, 0.1) is 6.92 Å². The summed E-state index contributed by atoms with van der Waals surface area (Å²) >= 11 is 0. The van der Waals surface area contributed by atoms with E-state index in [0.29, 0.717) is 16.6 Å². The van der Waals surface area contributed by atoms with Crippen molar-refractivity contribution in [3.05, 3.63) is 63.9 Å². The molecule has 3 rings (SSSR count). The van der Waals surface area contributed by atoms with E-state index in [1.165, 1.54) is 7.11 Å². The van der Waals surface area contributed by atoms with Crippen molar-refractivity contribution in [2.75, 3.05) is 7.11 Å². The summed E-state index contributed by atoms with van der Waals surface area (Å²) in [5.74, 6) is -0.372. The van der Waals surface area contributed by atoms with Crippen LogP contribution in [0.4, 0.5) is 0 Å². The maximum Gasteiger partial charge on any atom is 0.338 e. The van der Waals surface area contributed by atoms with Crippen molar-refractivity contribution in [2.45, 2.75) is 6.92 Å². The molecule has 1 heterocycles. The van der Waals surface area contributed by atoms with E-state index in [4.69, 9.17) is 4.74 Å². The average molecular weight is 294 g/mol. The van der Waals surface area contributed by atoms with Crippen molar-refractivity contribution in [1.29, 1.82) is 0 Å². The minimum Gasteiger partial charge on any atom is -0.465 e. The van der Waals surface area contributed by atoms with Gasteiger partial charge in [-0.3, -0.25) is 4.79 Å². The first kappa shape index (κ1) is 14.0. The van der Waals surface area contributed by atoms with Crippen LogP contribution in [0.15, 0.2) is 47.3 Å². The third-order valence-corrected chi connectivity index (χ3v) is 3.60. The number of ether oxygens (including phenoxy) is 1. The maximum absolute atomic E-state index is 11.8. The Kier molecular flexibility index (Phi) is 3.47. The number of nitrogens with zero attached hydrogens (tertiary/aromatic N) is 1. The molecule has 0 atom stereocenters. The monoisotopic (exact) mass is 294 g/mol. The zero-order valence-electron chi connectivity index (χ0n) is 12.2. The summed E-state index contributed by atoms with van der Waals surface area (Å²) in [6.45, 7) is 1.84. The lowest BCUT2D eigenvalue weighted by molar-refractivity contribution is 0.0600. The second kappa shape index (κ2) is 5.44. The summed E-state index contributed by atoms with van der Waals surface area (Å²) in [6, 6.07) is 12.7. The number of fused-ring (bicyclic) bond motifs is 1. The highest BCUT2D eigenvalue weighted by molar-refractivity contribution is 5.95. The van der Waals surface area contributed by atoms with Crippen molar-refractivity contribution in [3.8, 4) is 11.3 Å². The first-order chi connectivity index (χ1) is 10.6. The highest BCUT2D eigenvalue weighted by atomic mass is 16.5. The summed E-state index contributed by atoms with van der Waals surface area (Å²) < 4.78 is 4.75. The molecule has 1 aromatic heterocycles. The van der Waals surface area contributed by atoms with E-state index in [9.17, 15) is 9.59 Å². The molecule has 22 heavy (non-hydrogen) atoms. The van der Waals surface area contributed by atoms with Crippen LogP contribution in [-0.2, 0) is 4.74 Å². The van der Waals surface area contributed by atoms with E-state index in [1.807, 2.05) is 31.2 Å². The number of H-pyrrole nitrogens is 1. The van der Waals surface area contributed by atoms with Crippen LogP contribution in [0.25, 0.3) is 22.0 Å². The molecule has 0 amide bonds. The summed E-state index contributed by atoms with van der Waals surface area (Å²) in [6.07, 6.45) is 0. The Labute approximate surface area is 126 Å². The van der Waals surface area contributed by atoms with Gasteiger partial charge in [0.1, 0.15) is 0 Å². The van der Waals surface area contributed by atoms with Crippen molar-refractivity contribution < 1.29 is 9.53 Å². The molecule has 0 saturated heterocycles. The number of hydrogen-bond acceptors (Lipinski definition) is 4. The molecule has 0 spiro atoms. The SMILES string of the molecule is COC(=O)c1ccc(-c2n[nH]c(=O)c3ccccc23)cc1C. The molecular weight excluding hydrogens is 280 g/mol. The zero-order chi connectivity index (χ0) is 15.7. The van der Waals surface area contributed by atoms with E-state index in [2.05, 4.69) is 10.2 Å². The lowest BCUT2D eigenvalue weighted by Gasteiger charge is -2.08. The quantitative estimate of drug-likeness (QED) is 0.738. The molecule has 0 aliphatic heterocycles. The number of hydrogen-bond donors (Lipinski definition) is 1. The van der Waals surface area contributed by atoms with Gasteiger partial charge in [0.25, 0.3) is 5.56 Å². The molecule has 5 heteroatoms. The van der Waals surface area contributed by atoms with Crippen molar-refractivity contribution in [2.24, 2.45) is 0 Å².